The highest BCUT2D eigenvalue weighted by molar-refractivity contribution is 5.30. The van der Waals surface area contributed by atoms with Crippen molar-refractivity contribution in [1.82, 2.24) is 0 Å². The van der Waals surface area contributed by atoms with Gasteiger partial charge in [0, 0.05) is 0 Å². The Hall–Kier alpha value is -1.28. The molecule has 0 radical (unpaired) electrons. The van der Waals surface area contributed by atoms with Crippen molar-refractivity contribution in [2.24, 2.45) is 0 Å². The molecule has 0 aliphatic heterocycles. The Morgan fingerprint density at radius 1 is 1.28 bits per heavy atom. The minimum Gasteiger partial charge on any atom is -0.486 e. The first-order chi connectivity index (χ1) is 8.75. The van der Waals surface area contributed by atoms with Crippen LogP contribution in [0.1, 0.15) is 50.7 Å². The van der Waals surface area contributed by atoms with Crippen molar-refractivity contribution in [1.29, 1.82) is 0 Å². The largest absolute Gasteiger partial charge is 0.486 e. The van der Waals surface area contributed by atoms with Crippen LogP contribution in [0.25, 0.3) is 0 Å². The van der Waals surface area contributed by atoms with Crippen LogP contribution in [0.5, 0.6) is 5.75 Å². The van der Waals surface area contributed by atoms with Gasteiger partial charge in [0.15, 0.2) is 0 Å². The molecule has 0 spiro atoms. The zero-order valence-electron chi connectivity index (χ0n) is 11.0. The Morgan fingerprint density at radius 2 is 2.17 bits per heavy atom. The van der Waals surface area contributed by atoms with E-state index in [1.807, 2.05) is 24.3 Å². The standard InChI is InChI=1S/C16H22O2/c1-13(17)14-8-7-11-16(12-14)18-15-9-5-3-2-4-6-10-15/h5,7-9,11-13,15,17H,2-4,6,10H2,1H3/b9-5+. The van der Waals surface area contributed by atoms with Crippen LogP contribution in [0.3, 0.4) is 0 Å². The summed E-state index contributed by atoms with van der Waals surface area (Å²) in [5.74, 6) is 0.851. The van der Waals surface area contributed by atoms with Gasteiger partial charge in [-0.1, -0.05) is 24.6 Å². The lowest BCUT2D eigenvalue weighted by atomic mass is 10.0. The summed E-state index contributed by atoms with van der Waals surface area (Å²) in [6.45, 7) is 1.77. The number of benzene rings is 1. The molecule has 1 aromatic carbocycles. The van der Waals surface area contributed by atoms with Gasteiger partial charge in [0.05, 0.1) is 6.10 Å². The minimum absolute atomic E-state index is 0.176. The second-order valence-corrected chi connectivity index (χ2v) is 4.97. The number of hydrogen-bond donors (Lipinski definition) is 1. The Bertz CT molecular complexity index is 396. The fourth-order valence-electron chi connectivity index (χ4n) is 2.25. The van der Waals surface area contributed by atoms with Crippen molar-refractivity contribution in [2.45, 2.75) is 51.2 Å². The lowest BCUT2D eigenvalue weighted by molar-refractivity contribution is 0.196. The Morgan fingerprint density at radius 3 is 3.00 bits per heavy atom. The molecule has 18 heavy (non-hydrogen) atoms. The monoisotopic (exact) mass is 246 g/mol. The van der Waals surface area contributed by atoms with Crippen molar-refractivity contribution < 1.29 is 9.84 Å². The van der Waals surface area contributed by atoms with Crippen LogP contribution in [-0.4, -0.2) is 11.2 Å². The summed E-state index contributed by atoms with van der Waals surface area (Å²) >= 11 is 0. The van der Waals surface area contributed by atoms with Gasteiger partial charge in [-0.15, -0.1) is 0 Å². The highest BCUT2D eigenvalue weighted by Gasteiger charge is 2.09. The second-order valence-electron chi connectivity index (χ2n) is 4.97. The maximum Gasteiger partial charge on any atom is 0.120 e. The van der Waals surface area contributed by atoms with E-state index in [0.29, 0.717) is 0 Å². The van der Waals surface area contributed by atoms with E-state index in [1.165, 1.54) is 19.3 Å². The third kappa shape index (κ3) is 3.88. The van der Waals surface area contributed by atoms with E-state index in [9.17, 15) is 5.11 Å². The molecule has 2 heteroatoms. The summed E-state index contributed by atoms with van der Waals surface area (Å²) in [5.41, 5.74) is 0.905. The van der Waals surface area contributed by atoms with Crippen LogP contribution in [0.2, 0.25) is 0 Å². The molecule has 2 nitrogen and oxygen atoms in total. The molecule has 1 N–H and O–H groups in total. The highest BCUT2D eigenvalue weighted by atomic mass is 16.5. The number of aliphatic hydroxyl groups excluding tert-OH is 1. The summed E-state index contributed by atoms with van der Waals surface area (Å²) in [4.78, 5) is 0. The maximum atomic E-state index is 9.57. The molecule has 2 unspecified atom stereocenters. The molecule has 1 aliphatic rings. The lowest BCUT2D eigenvalue weighted by Crippen LogP contribution is -2.14. The first kappa shape index (κ1) is 13.2. The molecule has 0 amide bonds. The van der Waals surface area contributed by atoms with Gasteiger partial charge in [0.25, 0.3) is 0 Å². The van der Waals surface area contributed by atoms with E-state index in [-0.39, 0.29) is 6.10 Å². The smallest absolute Gasteiger partial charge is 0.120 e. The summed E-state index contributed by atoms with van der Waals surface area (Å²) in [6.07, 6.45) is 10.2. The molecule has 0 bridgehead atoms. The molecular weight excluding hydrogens is 224 g/mol. The predicted octanol–water partition coefficient (Wildman–Crippen LogP) is 4.01. The predicted molar refractivity (Wildman–Crippen MR) is 73.7 cm³/mol. The van der Waals surface area contributed by atoms with Crippen LogP contribution >= 0.6 is 0 Å². The number of aliphatic hydroxyl groups is 1. The van der Waals surface area contributed by atoms with E-state index in [2.05, 4.69) is 12.2 Å². The van der Waals surface area contributed by atoms with Gasteiger partial charge in [-0.25, -0.2) is 0 Å². The Kier molecular flexibility index (Phi) is 4.82. The van der Waals surface area contributed by atoms with E-state index in [1.54, 1.807) is 6.92 Å². The third-order valence-corrected chi connectivity index (χ3v) is 3.34. The molecule has 1 aliphatic carbocycles. The molecule has 2 rings (SSSR count). The van der Waals surface area contributed by atoms with Crippen molar-refractivity contribution in [3.63, 3.8) is 0 Å². The molecule has 0 saturated heterocycles. The van der Waals surface area contributed by atoms with Crippen LogP contribution in [0.15, 0.2) is 36.4 Å². The molecule has 0 fully saturated rings. The van der Waals surface area contributed by atoms with E-state index >= 15 is 0 Å². The topological polar surface area (TPSA) is 29.5 Å². The van der Waals surface area contributed by atoms with Crippen molar-refractivity contribution in [3.05, 3.63) is 42.0 Å². The average Bonchev–Trinajstić information content (AvgIpc) is 2.33. The van der Waals surface area contributed by atoms with Gasteiger partial charge >= 0.3 is 0 Å². The lowest BCUT2D eigenvalue weighted by Gasteiger charge is -2.18. The van der Waals surface area contributed by atoms with Crippen LogP contribution < -0.4 is 4.74 Å². The van der Waals surface area contributed by atoms with Crippen LogP contribution in [0.4, 0.5) is 0 Å². The van der Waals surface area contributed by atoms with Gasteiger partial charge < -0.3 is 9.84 Å². The average molecular weight is 246 g/mol. The fourth-order valence-corrected chi connectivity index (χ4v) is 2.25. The molecular formula is C16H22O2. The molecule has 0 heterocycles. The third-order valence-electron chi connectivity index (χ3n) is 3.34. The van der Waals surface area contributed by atoms with Gasteiger partial charge in [-0.05, 0) is 56.4 Å². The van der Waals surface area contributed by atoms with Gasteiger partial charge in [-0.2, -0.15) is 0 Å². The first-order valence-corrected chi connectivity index (χ1v) is 6.87. The fraction of sp³-hybridized carbons (Fsp3) is 0.500. The summed E-state index contributed by atoms with van der Waals surface area (Å²) < 4.78 is 5.98. The van der Waals surface area contributed by atoms with Crippen LogP contribution in [0, 0.1) is 0 Å². The number of hydrogen-bond acceptors (Lipinski definition) is 2. The summed E-state index contributed by atoms with van der Waals surface area (Å²) in [6, 6.07) is 7.74. The Balaban J connectivity index is 2.03. The highest BCUT2D eigenvalue weighted by Crippen LogP contribution is 2.22. The quantitative estimate of drug-likeness (QED) is 0.817. The van der Waals surface area contributed by atoms with Gasteiger partial charge in [-0.3, -0.25) is 0 Å². The zero-order chi connectivity index (χ0) is 12.8. The van der Waals surface area contributed by atoms with E-state index in [0.717, 1.165) is 24.2 Å². The van der Waals surface area contributed by atoms with Crippen molar-refractivity contribution in [3.8, 4) is 5.75 Å². The zero-order valence-corrected chi connectivity index (χ0v) is 11.0. The SMILES string of the molecule is CC(O)c1cccc(OC2/C=C/CCCCC2)c1. The van der Waals surface area contributed by atoms with Gasteiger partial charge in [0.1, 0.15) is 11.9 Å². The maximum absolute atomic E-state index is 9.57. The number of allylic oxidation sites excluding steroid dienone is 1. The van der Waals surface area contributed by atoms with Crippen LogP contribution in [-0.2, 0) is 0 Å². The number of ether oxygens (including phenoxy) is 1. The molecule has 0 saturated carbocycles. The normalized spacial score (nSPS) is 23.8. The van der Waals surface area contributed by atoms with Gasteiger partial charge in [0.2, 0.25) is 0 Å². The van der Waals surface area contributed by atoms with E-state index in [4.69, 9.17) is 4.74 Å². The molecule has 0 aromatic heterocycles. The summed E-state index contributed by atoms with van der Waals surface area (Å²) in [5, 5.41) is 9.57. The second kappa shape index (κ2) is 6.60. The van der Waals surface area contributed by atoms with Crippen molar-refractivity contribution in [2.75, 3.05) is 0 Å². The van der Waals surface area contributed by atoms with E-state index < -0.39 is 6.10 Å². The molecule has 98 valence electrons. The Labute approximate surface area is 109 Å². The number of rotatable bonds is 3. The first-order valence-electron chi connectivity index (χ1n) is 6.87. The summed E-state index contributed by atoms with van der Waals surface area (Å²) in [7, 11) is 0. The minimum atomic E-state index is -0.443. The van der Waals surface area contributed by atoms with Crippen molar-refractivity contribution >= 4 is 0 Å². The molecule has 1 aromatic rings. The molecule has 2 atom stereocenters.